The fourth-order valence-corrected chi connectivity index (χ4v) is 3.84. The van der Waals surface area contributed by atoms with Crippen molar-refractivity contribution < 1.29 is 18.8 Å². The fourth-order valence-electron chi connectivity index (χ4n) is 3.84. The zero-order chi connectivity index (χ0) is 21.8. The van der Waals surface area contributed by atoms with Crippen molar-refractivity contribution in [2.45, 2.75) is 38.6 Å². The zero-order valence-electron chi connectivity index (χ0n) is 18.1. The number of carbonyl (C=O) groups is 1. The van der Waals surface area contributed by atoms with Crippen LogP contribution in [0.15, 0.2) is 53.1 Å². The number of likely N-dealkylation sites (tertiary alicyclic amines) is 1. The summed E-state index contributed by atoms with van der Waals surface area (Å²) in [5.41, 5.74) is 1.88. The molecule has 2 atom stereocenters. The van der Waals surface area contributed by atoms with Crippen LogP contribution in [-0.4, -0.2) is 41.2 Å². The highest BCUT2D eigenvalue weighted by atomic mass is 16.5. The van der Waals surface area contributed by atoms with Crippen molar-refractivity contribution in [2.75, 3.05) is 20.3 Å². The molecule has 162 valence electrons. The molecule has 31 heavy (non-hydrogen) atoms. The Morgan fingerprint density at radius 2 is 2.00 bits per heavy atom. The van der Waals surface area contributed by atoms with Gasteiger partial charge in [0.05, 0.1) is 25.7 Å². The first-order valence-corrected chi connectivity index (χ1v) is 10.6. The first-order chi connectivity index (χ1) is 15.1. The maximum Gasteiger partial charge on any atom is 0.232 e. The lowest BCUT2D eigenvalue weighted by Gasteiger charge is -2.24. The molecule has 2 unspecified atom stereocenters. The summed E-state index contributed by atoms with van der Waals surface area (Å²) in [6.07, 6.45) is 1.28. The van der Waals surface area contributed by atoms with Gasteiger partial charge in [0.2, 0.25) is 17.6 Å². The van der Waals surface area contributed by atoms with E-state index in [0.29, 0.717) is 42.8 Å². The average molecular weight is 421 g/mol. The highest BCUT2D eigenvalue weighted by Crippen LogP contribution is 2.35. The molecule has 1 aromatic heterocycles. The summed E-state index contributed by atoms with van der Waals surface area (Å²) in [6.45, 7) is 5.28. The molecule has 1 saturated heterocycles. The van der Waals surface area contributed by atoms with E-state index in [0.717, 1.165) is 17.5 Å². The number of amides is 1. The molecule has 1 amide bonds. The molecule has 1 aliphatic heterocycles. The van der Waals surface area contributed by atoms with Crippen LogP contribution in [0.4, 0.5) is 0 Å². The average Bonchev–Trinajstić information content (AvgIpc) is 3.44. The second-order valence-electron chi connectivity index (χ2n) is 7.70. The van der Waals surface area contributed by atoms with Crippen LogP contribution in [0.25, 0.3) is 11.4 Å². The molecule has 0 saturated carbocycles. The Kier molecular flexibility index (Phi) is 6.21. The number of aromatic nitrogens is 2. The van der Waals surface area contributed by atoms with E-state index in [1.807, 2.05) is 60.4 Å². The van der Waals surface area contributed by atoms with Gasteiger partial charge in [-0.25, -0.2) is 0 Å². The van der Waals surface area contributed by atoms with Gasteiger partial charge in [-0.3, -0.25) is 4.79 Å². The topological polar surface area (TPSA) is 77.7 Å². The van der Waals surface area contributed by atoms with E-state index in [1.54, 1.807) is 7.11 Å². The summed E-state index contributed by atoms with van der Waals surface area (Å²) in [5.74, 6) is 2.24. The van der Waals surface area contributed by atoms with Gasteiger partial charge in [0.15, 0.2) is 11.5 Å². The van der Waals surface area contributed by atoms with Crippen molar-refractivity contribution >= 4 is 5.91 Å². The Hall–Kier alpha value is -3.35. The molecule has 0 spiro atoms. The smallest absolute Gasteiger partial charge is 0.232 e. The van der Waals surface area contributed by atoms with Crippen LogP contribution in [0.2, 0.25) is 0 Å². The standard InChI is InChI=1S/C24H27N3O4/c1-4-12-30-20-11-10-18(13-21(20)29-3)23-25-24(31-26-23)19-14-22(28)27(15-19)16(2)17-8-6-5-7-9-17/h5-11,13,16,19H,4,12,14-15H2,1-3H3. The van der Waals surface area contributed by atoms with E-state index in [2.05, 4.69) is 17.1 Å². The number of hydrogen-bond donors (Lipinski definition) is 0. The summed E-state index contributed by atoms with van der Waals surface area (Å²) in [6, 6.07) is 15.6. The zero-order valence-corrected chi connectivity index (χ0v) is 18.1. The number of rotatable bonds is 8. The Bertz CT molecular complexity index is 1030. The second-order valence-corrected chi connectivity index (χ2v) is 7.70. The van der Waals surface area contributed by atoms with Crippen LogP contribution in [0.1, 0.15) is 50.1 Å². The molecular weight excluding hydrogens is 394 g/mol. The molecule has 1 aliphatic rings. The van der Waals surface area contributed by atoms with Gasteiger partial charge >= 0.3 is 0 Å². The van der Waals surface area contributed by atoms with Gasteiger partial charge < -0.3 is 18.9 Å². The van der Waals surface area contributed by atoms with E-state index in [4.69, 9.17) is 14.0 Å². The first-order valence-electron chi connectivity index (χ1n) is 10.6. The van der Waals surface area contributed by atoms with E-state index in [-0.39, 0.29) is 17.9 Å². The number of nitrogens with zero attached hydrogens (tertiary/aromatic N) is 3. The van der Waals surface area contributed by atoms with Crippen LogP contribution >= 0.6 is 0 Å². The quantitative estimate of drug-likeness (QED) is 0.529. The fraction of sp³-hybridized carbons (Fsp3) is 0.375. The van der Waals surface area contributed by atoms with Crippen LogP contribution < -0.4 is 9.47 Å². The normalized spacial score (nSPS) is 17.1. The van der Waals surface area contributed by atoms with Gasteiger partial charge in [-0.1, -0.05) is 42.4 Å². The van der Waals surface area contributed by atoms with Crippen LogP contribution in [0.5, 0.6) is 11.5 Å². The predicted octanol–water partition coefficient (Wildman–Crippen LogP) is 4.61. The molecule has 3 aromatic rings. The lowest BCUT2D eigenvalue weighted by molar-refractivity contribution is -0.129. The summed E-state index contributed by atoms with van der Waals surface area (Å²) in [7, 11) is 1.60. The minimum atomic E-state index is -0.117. The van der Waals surface area contributed by atoms with Gasteiger partial charge in [-0.15, -0.1) is 0 Å². The van der Waals surface area contributed by atoms with Gasteiger partial charge in [0, 0.05) is 18.5 Å². The summed E-state index contributed by atoms with van der Waals surface area (Å²) in [5, 5.41) is 4.14. The Morgan fingerprint density at radius 3 is 2.74 bits per heavy atom. The van der Waals surface area contributed by atoms with Crippen LogP contribution in [0.3, 0.4) is 0 Å². The third-order valence-electron chi connectivity index (χ3n) is 5.58. The van der Waals surface area contributed by atoms with Crippen molar-refractivity contribution in [1.29, 1.82) is 0 Å². The third kappa shape index (κ3) is 4.40. The Labute approximate surface area is 182 Å². The molecule has 7 heteroatoms. The summed E-state index contributed by atoms with van der Waals surface area (Å²) in [4.78, 5) is 19.1. The molecule has 0 bridgehead atoms. The molecule has 0 aliphatic carbocycles. The lowest BCUT2D eigenvalue weighted by atomic mass is 10.1. The second kappa shape index (κ2) is 9.20. The molecule has 2 aromatic carbocycles. The monoisotopic (exact) mass is 421 g/mol. The highest BCUT2D eigenvalue weighted by molar-refractivity contribution is 5.80. The lowest BCUT2D eigenvalue weighted by Crippen LogP contribution is -2.28. The van der Waals surface area contributed by atoms with E-state index >= 15 is 0 Å². The minimum absolute atomic E-state index is 0.000943. The molecule has 4 rings (SSSR count). The van der Waals surface area contributed by atoms with E-state index in [9.17, 15) is 4.79 Å². The van der Waals surface area contributed by atoms with Crippen LogP contribution in [-0.2, 0) is 4.79 Å². The highest BCUT2D eigenvalue weighted by Gasteiger charge is 2.37. The van der Waals surface area contributed by atoms with Gasteiger partial charge in [-0.05, 0) is 37.1 Å². The Morgan fingerprint density at radius 1 is 1.19 bits per heavy atom. The maximum absolute atomic E-state index is 12.7. The minimum Gasteiger partial charge on any atom is -0.493 e. The summed E-state index contributed by atoms with van der Waals surface area (Å²) >= 11 is 0. The number of hydrogen-bond acceptors (Lipinski definition) is 6. The van der Waals surface area contributed by atoms with Crippen molar-refractivity contribution in [3.8, 4) is 22.9 Å². The van der Waals surface area contributed by atoms with Gasteiger partial charge in [0.25, 0.3) is 0 Å². The number of ether oxygens (including phenoxy) is 2. The maximum atomic E-state index is 12.7. The van der Waals surface area contributed by atoms with Crippen LogP contribution in [0, 0.1) is 0 Å². The van der Waals surface area contributed by atoms with Crippen molar-refractivity contribution in [2.24, 2.45) is 0 Å². The van der Waals surface area contributed by atoms with Gasteiger partial charge in [-0.2, -0.15) is 4.98 Å². The molecule has 2 heterocycles. The largest absolute Gasteiger partial charge is 0.493 e. The number of carbonyl (C=O) groups excluding carboxylic acids is 1. The molecule has 7 nitrogen and oxygen atoms in total. The van der Waals surface area contributed by atoms with E-state index < -0.39 is 0 Å². The number of benzene rings is 2. The number of methoxy groups -OCH3 is 1. The van der Waals surface area contributed by atoms with Crippen molar-refractivity contribution in [1.82, 2.24) is 15.0 Å². The summed E-state index contributed by atoms with van der Waals surface area (Å²) < 4.78 is 16.7. The first kappa shape index (κ1) is 20.9. The molecule has 1 fully saturated rings. The van der Waals surface area contributed by atoms with Crippen molar-refractivity contribution in [3.05, 3.63) is 60.0 Å². The third-order valence-corrected chi connectivity index (χ3v) is 5.58. The molecular formula is C24H27N3O4. The molecule has 0 N–H and O–H groups in total. The predicted molar refractivity (Wildman–Crippen MR) is 116 cm³/mol. The van der Waals surface area contributed by atoms with Crippen molar-refractivity contribution in [3.63, 3.8) is 0 Å². The SMILES string of the molecule is CCCOc1ccc(-c2noc(C3CC(=O)N(C(C)c4ccccc4)C3)n2)cc1OC. The van der Waals surface area contributed by atoms with E-state index in [1.165, 1.54) is 0 Å². The van der Waals surface area contributed by atoms with Gasteiger partial charge in [0.1, 0.15) is 0 Å². The molecule has 0 radical (unpaired) electrons. The Balaban J connectivity index is 1.50.